The highest BCUT2D eigenvalue weighted by molar-refractivity contribution is 7.95. The van der Waals surface area contributed by atoms with Gasteiger partial charge in [0.05, 0.1) is 16.8 Å². The summed E-state index contributed by atoms with van der Waals surface area (Å²) in [6, 6.07) is 0. The van der Waals surface area contributed by atoms with Crippen LogP contribution in [0.2, 0.25) is 0 Å². The van der Waals surface area contributed by atoms with Crippen molar-refractivity contribution in [3.63, 3.8) is 0 Å². The molecule has 2 N–H and O–H groups in total. The van der Waals surface area contributed by atoms with Gasteiger partial charge in [0.15, 0.2) is 9.84 Å². The molecule has 0 bridgehead atoms. The zero-order chi connectivity index (χ0) is 13.4. The Kier molecular flexibility index (Phi) is 4.01. The first-order valence-electron chi connectivity index (χ1n) is 6.24. The number of rotatable bonds is 3. The van der Waals surface area contributed by atoms with E-state index in [1.54, 1.807) is 0 Å². The molecule has 2 unspecified atom stereocenters. The molecule has 2 rings (SSSR count). The minimum absolute atomic E-state index is 0.00887. The first kappa shape index (κ1) is 14.2. The minimum atomic E-state index is -3.48. The maximum absolute atomic E-state index is 12.4. The lowest BCUT2D eigenvalue weighted by molar-refractivity contribution is 0.269. The molecule has 0 aromatic rings. The van der Waals surface area contributed by atoms with Crippen LogP contribution in [-0.2, 0) is 19.9 Å². The van der Waals surface area contributed by atoms with Crippen LogP contribution in [0.15, 0.2) is 0 Å². The van der Waals surface area contributed by atoms with Crippen molar-refractivity contribution in [3.8, 4) is 0 Å². The molecule has 0 aromatic carbocycles. The van der Waals surface area contributed by atoms with Crippen LogP contribution in [0.4, 0.5) is 0 Å². The SMILES string of the molecule is NCC1CCCN(S(=O)(=O)C2CCS(=O)(=O)C2)C1. The summed E-state index contributed by atoms with van der Waals surface area (Å²) in [5, 5.41) is -0.751. The summed E-state index contributed by atoms with van der Waals surface area (Å²) < 4.78 is 48.9. The monoisotopic (exact) mass is 296 g/mol. The Bertz CT molecular complexity index is 500. The van der Waals surface area contributed by atoms with E-state index in [1.807, 2.05) is 0 Å². The average molecular weight is 296 g/mol. The van der Waals surface area contributed by atoms with E-state index < -0.39 is 25.1 Å². The molecule has 0 radical (unpaired) electrons. The quantitative estimate of drug-likeness (QED) is 0.733. The largest absolute Gasteiger partial charge is 0.330 e. The third-order valence-electron chi connectivity index (χ3n) is 3.79. The molecule has 0 spiro atoms. The second-order valence-electron chi connectivity index (χ2n) is 5.17. The molecular weight excluding hydrogens is 276 g/mol. The Morgan fingerprint density at radius 3 is 2.56 bits per heavy atom. The molecule has 0 amide bonds. The normalized spacial score (nSPS) is 33.6. The molecule has 106 valence electrons. The second kappa shape index (κ2) is 5.07. The maximum atomic E-state index is 12.4. The summed E-state index contributed by atoms with van der Waals surface area (Å²) in [6.45, 7) is 1.42. The van der Waals surface area contributed by atoms with E-state index in [4.69, 9.17) is 5.73 Å². The maximum Gasteiger partial charge on any atom is 0.218 e. The van der Waals surface area contributed by atoms with E-state index >= 15 is 0 Å². The van der Waals surface area contributed by atoms with Gasteiger partial charge >= 0.3 is 0 Å². The summed E-state index contributed by atoms with van der Waals surface area (Å²) in [7, 11) is -6.64. The van der Waals surface area contributed by atoms with Gasteiger partial charge < -0.3 is 5.73 Å². The van der Waals surface area contributed by atoms with Crippen molar-refractivity contribution in [2.75, 3.05) is 31.1 Å². The van der Waals surface area contributed by atoms with Crippen LogP contribution in [0.3, 0.4) is 0 Å². The number of hydrogen-bond acceptors (Lipinski definition) is 5. The molecule has 2 aliphatic heterocycles. The average Bonchev–Trinajstić information content (AvgIpc) is 2.70. The van der Waals surface area contributed by atoms with Crippen molar-refractivity contribution in [1.82, 2.24) is 4.31 Å². The van der Waals surface area contributed by atoms with Crippen molar-refractivity contribution in [2.45, 2.75) is 24.5 Å². The highest BCUT2D eigenvalue weighted by atomic mass is 32.2. The standard InChI is InChI=1S/C10H20N2O4S2/c11-6-9-2-1-4-12(7-9)18(15,16)10-3-5-17(13,14)8-10/h9-10H,1-8,11H2. The van der Waals surface area contributed by atoms with Gasteiger partial charge in [0.2, 0.25) is 10.0 Å². The Morgan fingerprint density at radius 1 is 1.28 bits per heavy atom. The molecule has 0 saturated carbocycles. The summed E-state index contributed by atoms with van der Waals surface area (Å²) in [4.78, 5) is 0. The van der Waals surface area contributed by atoms with Crippen LogP contribution >= 0.6 is 0 Å². The fourth-order valence-corrected chi connectivity index (χ4v) is 7.30. The third-order valence-corrected chi connectivity index (χ3v) is 8.06. The zero-order valence-corrected chi connectivity index (χ0v) is 11.9. The second-order valence-corrected chi connectivity index (χ2v) is 9.61. The van der Waals surface area contributed by atoms with Gasteiger partial charge in [-0.1, -0.05) is 0 Å². The first-order chi connectivity index (χ1) is 8.35. The summed E-state index contributed by atoms with van der Waals surface area (Å²) in [5.74, 6) is -0.0315. The molecule has 18 heavy (non-hydrogen) atoms. The summed E-state index contributed by atoms with van der Waals surface area (Å²) in [6.07, 6.45) is 1.99. The van der Waals surface area contributed by atoms with Crippen LogP contribution in [-0.4, -0.2) is 57.5 Å². The van der Waals surface area contributed by atoms with Gasteiger partial charge in [-0.05, 0) is 31.7 Å². The zero-order valence-electron chi connectivity index (χ0n) is 10.3. The molecule has 2 fully saturated rings. The van der Waals surface area contributed by atoms with E-state index in [0.717, 1.165) is 12.8 Å². The lowest BCUT2D eigenvalue weighted by Crippen LogP contribution is -2.46. The molecule has 6 nitrogen and oxygen atoms in total. The van der Waals surface area contributed by atoms with E-state index in [9.17, 15) is 16.8 Å². The lowest BCUT2D eigenvalue weighted by Gasteiger charge is -2.32. The van der Waals surface area contributed by atoms with Crippen LogP contribution < -0.4 is 5.73 Å². The summed E-state index contributed by atoms with van der Waals surface area (Å²) >= 11 is 0. The number of piperidine rings is 1. The Labute approximate surface area is 108 Å². The number of sulfonamides is 1. The van der Waals surface area contributed by atoms with Gasteiger partial charge in [-0.3, -0.25) is 0 Å². The Morgan fingerprint density at radius 2 is 2.00 bits per heavy atom. The van der Waals surface area contributed by atoms with Gasteiger partial charge in [-0.2, -0.15) is 0 Å². The third kappa shape index (κ3) is 2.87. The van der Waals surface area contributed by atoms with Crippen molar-refractivity contribution >= 4 is 19.9 Å². The van der Waals surface area contributed by atoms with E-state index in [0.29, 0.717) is 19.6 Å². The topological polar surface area (TPSA) is 97.5 Å². The first-order valence-corrected chi connectivity index (χ1v) is 9.57. The Balaban J connectivity index is 2.11. The van der Waals surface area contributed by atoms with Crippen molar-refractivity contribution in [3.05, 3.63) is 0 Å². The molecule has 0 aromatic heterocycles. The van der Waals surface area contributed by atoms with Gasteiger partial charge in [0, 0.05) is 13.1 Å². The smallest absolute Gasteiger partial charge is 0.218 e. The molecule has 2 heterocycles. The molecule has 2 saturated heterocycles. The highest BCUT2D eigenvalue weighted by Crippen LogP contribution is 2.26. The predicted molar refractivity (Wildman–Crippen MR) is 69.3 cm³/mol. The van der Waals surface area contributed by atoms with Crippen LogP contribution in [0.5, 0.6) is 0 Å². The molecule has 2 aliphatic rings. The van der Waals surface area contributed by atoms with E-state index in [2.05, 4.69) is 0 Å². The van der Waals surface area contributed by atoms with Gasteiger partial charge in [0.1, 0.15) is 0 Å². The van der Waals surface area contributed by atoms with Gasteiger partial charge in [-0.15, -0.1) is 0 Å². The lowest BCUT2D eigenvalue weighted by atomic mass is 10.0. The van der Waals surface area contributed by atoms with Crippen LogP contribution in [0.1, 0.15) is 19.3 Å². The fourth-order valence-electron chi connectivity index (χ4n) is 2.66. The van der Waals surface area contributed by atoms with Gasteiger partial charge in [-0.25, -0.2) is 21.1 Å². The number of nitrogens with two attached hydrogens (primary N) is 1. The number of hydrogen-bond donors (Lipinski definition) is 1. The molecular formula is C10H20N2O4S2. The van der Waals surface area contributed by atoms with E-state index in [1.165, 1.54) is 4.31 Å². The Hall–Kier alpha value is -0.180. The van der Waals surface area contributed by atoms with Crippen molar-refractivity contribution < 1.29 is 16.8 Å². The van der Waals surface area contributed by atoms with Crippen LogP contribution in [0, 0.1) is 5.92 Å². The van der Waals surface area contributed by atoms with Crippen molar-refractivity contribution in [1.29, 1.82) is 0 Å². The molecule has 2 atom stereocenters. The fraction of sp³-hybridized carbons (Fsp3) is 1.00. The van der Waals surface area contributed by atoms with Gasteiger partial charge in [0.25, 0.3) is 0 Å². The highest BCUT2D eigenvalue weighted by Gasteiger charge is 2.41. The minimum Gasteiger partial charge on any atom is -0.330 e. The summed E-state index contributed by atoms with van der Waals surface area (Å²) in [5.41, 5.74) is 5.59. The number of nitrogens with zero attached hydrogens (tertiary/aromatic N) is 1. The predicted octanol–water partition coefficient (Wildman–Crippen LogP) is -0.826. The van der Waals surface area contributed by atoms with Crippen molar-refractivity contribution in [2.24, 2.45) is 11.7 Å². The number of sulfone groups is 1. The van der Waals surface area contributed by atoms with Crippen LogP contribution in [0.25, 0.3) is 0 Å². The molecule has 0 aliphatic carbocycles. The van der Waals surface area contributed by atoms with E-state index in [-0.39, 0.29) is 23.8 Å². The molecule has 8 heteroatoms.